The first kappa shape index (κ1) is 17.0. The fraction of sp³-hybridized carbons (Fsp3) is 0.263. The van der Waals surface area contributed by atoms with Gasteiger partial charge in [0.1, 0.15) is 6.54 Å². The number of nitrogens with zero attached hydrogens (tertiary/aromatic N) is 5. The monoisotopic (exact) mass is 364 g/mol. The van der Waals surface area contributed by atoms with Crippen molar-refractivity contribution in [1.29, 1.82) is 0 Å². The first-order chi connectivity index (χ1) is 13.0. The van der Waals surface area contributed by atoms with Gasteiger partial charge in [0.05, 0.1) is 17.6 Å². The van der Waals surface area contributed by atoms with Crippen molar-refractivity contribution in [2.75, 3.05) is 26.7 Å². The number of hydrogen-bond acceptors (Lipinski definition) is 4. The van der Waals surface area contributed by atoms with Gasteiger partial charge in [0, 0.05) is 43.8 Å². The number of piperazine rings is 1. The smallest absolute Gasteiger partial charge is 0.274 e. The van der Waals surface area contributed by atoms with Gasteiger partial charge in [0.2, 0.25) is 5.91 Å². The number of pyridine rings is 1. The number of aromatic nitrogens is 4. The molecule has 4 heterocycles. The van der Waals surface area contributed by atoms with Crippen molar-refractivity contribution in [1.82, 2.24) is 29.5 Å². The highest BCUT2D eigenvalue weighted by atomic mass is 16.2. The number of nitrogens with one attached hydrogen (secondary N) is 1. The summed E-state index contributed by atoms with van der Waals surface area (Å²) < 4.78 is 1.71. The van der Waals surface area contributed by atoms with E-state index < -0.39 is 0 Å². The van der Waals surface area contributed by atoms with Crippen LogP contribution in [-0.2, 0) is 4.79 Å². The Morgan fingerprint density at radius 3 is 2.74 bits per heavy atom. The summed E-state index contributed by atoms with van der Waals surface area (Å²) in [6, 6.07) is 7.49. The summed E-state index contributed by atoms with van der Waals surface area (Å²) in [5.41, 5.74) is 3.68. The number of amides is 2. The average molecular weight is 364 g/mol. The fourth-order valence-corrected chi connectivity index (χ4v) is 3.05. The predicted octanol–water partition coefficient (Wildman–Crippen LogP) is 1.49. The van der Waals surface area contributed by atoms with Crippen molar-refractivity contribution in [3.05, 3.63) is 54.2 Å². The molecule has 0 aliphatic carbocycles. The van der Waals surface area contributed by atoms with Gasteiger partial charge in [-0.25, -0.2) is 4.68 Å². The van der Waals surface area contributed by atoms with Crippen LogP contribution in [-0.4, -0.2) is 68.0 Å². The van der Waals surface area contributed by atoms with Gasteiger partial charge < -0.3 is 14.8 Å². The summed E-state index contributed by atoms with van der Waals surface area (Å²) in [5.74, 6) is -0.310. The van der Waals surface area contributed by atoms with Crippen LogP contribution in [0.2, 0.25) is 0 Å². The average Bonchev–Trinajstić information content (AvgIpc) is 3.33. The molecule has 8 heteroatoms. The summed E-state index contributed by atoms with van der Waals surface area (Å²) >= 11 is 0. The zero-order chi connectivity index (χ0) is 19.0. The van der Waals surface area contributed by atoms with Crippen molar-refractivity contribution in [2.24, 2.45) is 0 Å². The second-order valence-electron chi connectivity index (χ2n) is 6.63. The molecule has 0 unspecified atom stereocenters. The SMILES string of the molecule is Cc1ccc(-n2nc(C(=O)N3CCN(C)C(=O)C3)cc2-c2cc[nH]c2)cn1. The lowest BCUT2D eigenvalue weighted by molar-refractivity contribution is -0.133. The highest BCUT2D eigenvalue weighted by molar-refractivity contribution is 5.96. The number of aromatic amines is 1. The molecular weight excluding hydrogens is 344 g/mol. The minimum Gasteiger partial charge on any atom is -0.367 e. The van der Waals surface area contributed by atoms with Crippen molar-refractivity contribution in [2.45, 2.75) is 6.92 Å². The van der Waals surface area contributed by atoms with Crippen LogP contribution in [0.5, 0.6) is 0 Å². The predicted molar refractivity (Wildman–Crippen MR) is 99.4 cm³/mol. The number of carbonyl (C=O) groups is 2. The van der Waals surface area contributed by atoms with Gasteiger partial charge in [-0.1, -0.05) is 0 Å². The first-order valence-corrected chi connectivity index (χ1v) is 8.72. The van der Waals surface area contributed by atoms with Gasteiger partial charge in [-0.15, -0.1) is 0 Å². The fourth-order valence-electron chi connectivity index (χ4n) is 3.05. The molecule has 3 aromatic heterocycles. The van der Waals surface area contributed by atoms with E-state index in [2.05, 4.69) is 15.1 Å². The Kier molecular flexibility index (Phi) is 4.23. The Hall–Kier alpha value is -3.42. The molecule has 1 aliphatic heterocycles. The molecule has 138 valence electrons. The second-order valence-corrected chi connectivity index (χ2v) is 6.63. The number of rotatable bonds is 3. The molecule has 0 spiro atoms. The number of likely N-dealkylation sites (N-methyl/N-ethyl adjacent to an activating group) is 1. The van der Waals surface area contributed by atoms with E-state index in [-0.39, 0.29) is 18.4 Å². The Morgan fingerprint density at radius 2 is 2.07 bits per heavy atom. The van der Waals surface area contributed by atoms with Crippen LogP contribution in [0.15, 0.2) is 42.9 Å². The minimum absolute atomic E-state index is 0.0670. The van der Waals surface area contributed by atoms with Gasteiger partial charge in [-0.2, -0.15) is 5.10 Å². The number of hydrogen-bond donors (Lipinski definition) is 1. The molecule has 0 saturated carbocycles. The van der Waals surface area contributed by atoms with Gasteiger partial charge in [-0.3, -0.25) is 14.6 Å². The molecule has 1 N–H and O–H groups in total. The summed E-state index contributed by atoms with van der Waals surface area (Å²) in [7, 11) is 1.74. The molecule has 27 heavy (non-hydrogen) atoms. The van der Waals surface area contributed by atoms with E-state index in [4.69, 9.17) is 0 Å². The summed E-state index contributed by atoms with van der Waals surface area (Å²) in [6.45, 7) is 3.02. The summed E-state index contributed by atoms with van der Waals surface area (Å²) in [5, 5.41) is 4.53. The van der Waals surface area contributed by atoms with E-state index in [0.29, 0.717) is 18.8 Å². The Labute approximate surface area is 156 Å². The van der Waals surface area contributed by atoms with Crippen molar-refractivity contribution < 1.29 is 9.59 Å². The highest BCUT2D eigenvalue weighted by Gasteiger charge is 2.28. The molecule has 4 rings (SSSR count). The molecule has 1 fully saturated rings. The quantitative estimate of drug-likeness (QED) is 0.763. The van der Waals surface area contributed by atoms with Crippen molar-refractivity contribution in [3.63, 3.8) is 0 Å². The number of aryl methyl sites for hydroxylation is 1. The van der Waals surface area contributed by atoms with Crippen molar-refractivity contribution in [3.8, 4) is 16.9 Å². The zero-order valence-corrected chi connectivity index (χ0v) is 15.2. The van der Waals surface area contributed by atoms with E-state index in [1.54, 1.807) is 33.8 Å². The summed E-state index contributed by atoms with van der Waals surface area (Å²) in [6.07, 6.45) is 5.40. The van der Waals surface area contributed by atoms with E-state index in [1.165, 1.54) is 0 Å². The first-order valence-electron chi connectivity index (χ1n) is 8.72. The zero-order valence-electron chi connectivity index (χ0n) is 15.2. The van der Waals surface area contributed by atoms with E-state index in [9.17, 15) is 9.59 Å². The third kappa shape index (κ3) is 3.21. The van der Waals surface area contributed by atoms with Crippen LogP contribution in [0.3, 0.4) is 0 Å². The highest BCUT2D eigenvalue weighted by Crippen LogP contribution is 2.24. The maximum atomic E-state index is 12.9. The van der Waals surface area contributed by atoms with Crippen LogP contribution >= 0.6 is 0 Å². The lowest BCUT2D eigenvalue weighted by Crippen LogP contribution is -2.50. The minimum atomic E-state index is -0.243. The van der Waals surface area contributed by atoms with Crippen LogP contribution in [0.25, 0.3) is 16.9 Å². The van der Waals surface area contributed by atoms with Crippen molar-refractivity contribution >= 4 is 11.8 Å². The molecular formula is C19H20N6O2. The molecule has 0 radical (unpaired) electrons. The van der Waals surface area contributed by atoms with Gasteiger partial charge in [0.25, 0.3) is 5.91 Å². The molecule has 3 aromatic rings. The van der Waals surface area contributed by atoms with E-state index in [0.717, 1.165) is 22.6 Å². The van der Waals surface area contributed by atoms with Crippen LogP contribution < -0.4 is 0 Å². The van der Waals surface area contributed by atoms with Gasteiger partial charge in [0.15, 0.2) is 5.69 Å². The Morgan fingerprint density at radius 1 is 1.22 bits per heavy atom. The lowest BCUT2D eigenvalue weighted by atomic mass is 10.2. The maximum absolute atomic E-state index is 12.9. The molecule has 1 aliphatic rings. The standard InChI is InChI=1S/C19H20N6O2/c1-13-3-4-15(11-21-13)25-17(14-5-6-20-10-14)9-16(22-25)19(27)24-8-7-23(2)18(26)12-24/h3-6,9-11,20H,7-8,12H2,1-2H3. The van der Waals surface area contributed by atoms with E-state index >= 15 is 0 Å². The number of H-pyrrole nitrogens is 1. The molecule has 2 amide bonds. The molecule has 0 bridgehead atoms. The number of carbonyl (C=O) groups excluding carboxylic acids is 2. The van der Waals surface area contributed by atoms with Crippen LogP contribution in [0.4, 0.5) is 0 Å². The van der Waals surface area contributed by atoms with Crippen LogP contribution in [0.1, 0.15) is 16.2 Å². The third-order valence-electron chi connectivity index (χ3n) is 4.71. The van der Waals surface area contributed by atoms with Crippen LogP contribution in [0, 0.1) is 6.92 Å². The topological polar surface area (TPSA) is 87.1 Å². The maximum Gasteiger partial charge on any atom is 0.274 e. The van der Waals surface area contributed by atoms with E-state index in [1.807, 2.05) is 37.5 Å². The molecule has 1 saturated heterocycles. The molecule has 0 aromatic carbocycles. The molecule has 8 nitrogen and oxygen atoms in total. The largest absolute Gasteiger partial charge is 0.367 e. The Bertz CT molecular complexity index is 974. The molecule has 0 atom stereocenters. The van der Waals surface area contributed by atoms with Gasteiger partial charge >= 0.3 is 0 Å². The lowest BCUT2D eigenvalue weighted by Gasteiger charge is -2.31. The normalized spacial score (nSPS) is 14.7. The van der Waals surface area contributed by atoms with Gasteiger partial charge in [-0.05, 0) is 31.2 Å². The second kappa shape index (κ2) is 6.71. The Balaban J connectivity index is 1.72. The third-order valence-corrected chi connectivity index (χ3v) is 4.71. The summed E-state index contributed by atoms with van der Waals surface area (Å²) in [4.78, 5) is 35.4.